The fourth-order valence-electron chi connectivity index (χ4n) is 2.14. The first kappa shape index (κ1) is 15.9. The molecule has 0 aliphatic carbocycles. The highest BCUT2D eigenvalue weighted by atomic mass is 35.5. The number of nitrogens with one attached hydrogen (secondary N) is 1. The van der Waals surface area contributed by atoms with Crippen LogP contribution in [0.5, 0.6) is 0 Å². The molecule has 21 heavy (non-hydrogen) atoms. The van der Waals surface area contributed by atoms with Crippen LogP contribution in [-0.4, -0.2) is 18.2 Å². The maximum atomic E-state index is 13.8. The Labute approximate surface area is 127 Å². The first-order chi connectivity index (χ1) is 9.72. The number of aromatic nitrogens is 2. The molecule has 1 aromatic heterocycles. The van der Waals surface area contributed by atoms with Crippen molar-refractivity contribution in [2.75, 3.05) is 0 Å². The van der Waals surface area contributed by atoms with Crippen molar-refractivity contribution in [3.05, 3.63) is 46.5 Å². The van der Waals surface area contributed by atoms with Gasteiger partial charge in [0.2, 0.25) is 10.0 Å². The van der Waals surface area contributed by atoms with E-state index in [0.717, 1.165) is 6.07 Å². The standard InChI is InChI=1S/C13H15ClFN3O2S/c1-8-10(7-18(3)16-8)9(2)17-21(19,20)13-11(14)5-4-6-12(13)15/h4-7,9,17H,1-3H3. The highest BCUT2D eigenvalue weighted by Crippen LogP contribution is 2.26. The van der Waals surface area contributed by atoms with E-state index in [1.165, 1.54) is 12.1 Å². The molecular formula is C13H15ClFN3O2S. The molecule has 0 fully saturated rings. The molecule has 114 valence electrons. The van der Waals surface area contributed by atoms with Crippen LogP contribution in [-0.2, 0) is 17.1 Å². The molecule has 0 radical (unpaired) electrons. The van der Waals surface area contributed by atoms with Crippen LogP contribution in [0, 0.1) is 12.7 Å². The third-order valence-corrected chi connectivity index (χ3v) is 5.08. The molecule has 1 unspecified atom stereocenters. The summed E-state index contributed by atoms with van der Waals surface area (Å²) in [5, 5.41) is 4.00. The molecule has 5 nitrogen and oxygen atoms in total. The minimum Gasteiger partial charge on any atom is -0.275 e. The Morgan fingerprint density at radius 1 is 1.43 bits per heavy atom. The third kappa shape index (κ3) is 3.25. The number of aryl methyl sites for hydroxylation is 2. The van der Waals surface area contributed by atoms with Crippen molar-refractivity contribution >= 4 is 21.6 Å². The Bertz CT molecular complexity index is 753. The van der Waals surface area contributed by atoms with Crippen LogP contribution in [0.25, 0.3) is 0 Å². The molecule has 8 heteroatoms. The van der Waals surface area contributed by atoms with Crippen molar-refractivity contribution in [1.29, 1.82) is 0 Å². The summed E-state index contributed by atoms with van der Waals surface area (Å²) in [7, 11) is -2.33. The number of hydrogen-bond acceptors (Lipinski definition) is 3. The Morgan fingerprint density at radius 3 is 2.62 bits per heavy atom. The number of halogens is 2. The van der Waals surface area contributed by atoms with E-state index >= 15 is 0 Å². The molecule has 1 aromatic carbocycles. The van der Waals surface area contributed by atoms with Crippen molar-refractivity contribution in [3.63, 3.8) is 0 Å². The van der Waals surface area contributed by atoms with E-state index in [2.05, 4.69) is 9.82 Å². The monoisotopic (exact) mass is 331 g/mol. The largest absolute Gasteiger partial charge is 0.275 e. The van der Waals surface area contributed by atoms with Gasteiger partial charge in [0, 0.05) is 24.8 Å². The molecule has 0 aliphatic rings. The molecule has 0 bridgehead atoms. The summed E-state index contributed by atoms with van der Waals surface area (Å²) >= 11 is 5.80. The molecule has 2 aromatic rings. The van der Waals surface area contributed by atoms with E-state index in [1.54, 1.807) is 31.8 Å². The average molecular weight is 332 g/mol. The van der Waals surface area contributed by atoms with Crippen molar-refractivity contribution in [2.24, 2.45) is 7.05 Å². The number of hydrogen-bond donors (Lipinski definition) is 1. The Hall–Kier alpha value is -1.44. The first-order valence-corrected chi connectivity index (χ1v) is 8.05. The predicted octanol–water partition coefficient (Wildman–Crippen LogP) is 2.56. The molecule has 1 N–H and O–H groups in total. The van der Waals surface area contributed by atoms with E-state index in [-0.39, 0.29) is 5.02 Å². The van der Waals surface area contributed by atoms with Gasteiger partial charge in [-0.05, 0) is 26.0 Å². The molecule has 0 aliphatic heterocycles. The normalized spacial score (nSPS) is 13.4. The smallest absolute Gasteiger partial charge is 0.245 e. The number of nitrogens with zero attached hydrogens (tertiary/aromatic N) is 2. The van der Waals surface area contributed by atoms with Gasteiger partial charge in [-0.2, -0.15) is 5.10 Å². The van der Waals surface area contributed by atoms with Crippen molar-refractivity contribution in [1.82, 2.24) is 14.5 Å². The lowest BCUT2D eigenvalue weighted by molar-refractivity contribution is 0.547. The number of sulfonamides is 1. The van der Waals surface area contributed by atoms with Crippen molar-refractivity contribution in [2.45, 2.75) is 24.8 Å². The summed E-state index contributed by atoms with van der Waals surface area (Å²) in [4.78, 5) is -0.542. The molecule has 1 atom stereocenters. The van der Waals surface area contributed by atoms with Crippen LogP contribution in [0.4, 0.5) is 4.39 Å². The topological polar surface area (TPSA) is 64.0 Å². The SMILES string of the molecule is Cc1nn(C)cc1C(C)NS(=O)(=O)c1c(F)cccc1Cl. The van der Waals surface area contributed by atoms with E-state index in [9.17, 15) is 12.8 Å². The second-order valence-electron chi connectivity index (χ2n) is 4.74. The van der Waals surface area contributed by atoms with Gasteiger partial charge in [-0.1, -0.05) is 17.7 Å². The number of rotatable bonds is 4. The van der Waals surface area contributed by atoms with Gasteiger partial charge in [0.05, 0.1) is 10.7 Å². The second-order valence-corrected chi connectivity index (χ2v) is 6.80. The van der Waals surface area contributed by atoms with Gasteiger partial charge in [-0.3, -0.25) is 4.68 Å². The lowest BCUT2D eigenvalue weighted by atomic mass is 10.1. The van der Waals surface area contributed by atoms with Crippen LogP contribution in [0.3, 0.4) is 0 Å². The molecule has 0 saturated carbocycles. The Morgan fingerprint density at radius 2 is 2.10 bits per heavy atom. The zero-order valence-electron chi connectivity index (χ0n) is 11.8. The van der Waals surface area contributed by atoms with Gasteiger partial charge in [0.25, 0.3) is 0 Å². The summed E-state index contributed by atoms with van der Waals surface area (Å²) in [5.74, 6) is -0.884. The molecule has 0 spiro atoms. The van der Waals surface area contributed by atoms with E-state index < -0.39 is 26.8 Å². The van der Waals surface area contributed by atoms with Crippen LogP contribution in [0.15, 0.2) is 29.3 Å². The predicted molar refractivity (Wildman–Crippen MR) is 78.1 cm³/mol. The van der Waals surface area contributed by atoms with Crippen LogP contribution >= 0.6 is 11.6 Å². The van der Waals surface area contributed by atoms with Gasteiger partial charge in [-0.25, -0.2) is 17.5 Å². The van der Waals surface area contributed by atoms with Gasteiger partial charge in [0.15, 0.2) is 0 Å². The summed E-state index contributed by atoms with van der Waals surface area (Å²) in [6, 6.07) is 3.18. The lowest BCUT2D eigenvalue weighted by Crippen LogP contribution is -2.28. The molecular weight excluding hydrogens is 317 g/mol. The molecule has 1 heterocycles. The summed E-state index contributed by atoms with van der Waals surface area (Å²) in [6.07, 6.45) is 1.71. The van der Waals surface area contributed by atoms with Crippen LogP contribution in [0.2, 0.25) is 5.02 Å². The molecule has 0 amide bonds. The zero-order valence-corrected chi connectivity index (χ0v) is 13.3. The Kier molecular flexibility index (Phi) is 4.36. The minimum atomic E-state index is -4.07. The van der Waals surface area contributed by atoms with Gasteiger partial charge in [0.1, 0.15) is 10.7 Å². The highest BCUT2D eigenvalue weighted by Gasteiger charge is 2.26. The fourth-order valence-corrected chi connectivity index (χ4v) is 3.96. The van der Waals surface area contributed by atoms with Gasteiger partial charge in [-0.15, -0.1) is 0 Å². The van der Waals surface area contributed by atoms with E-state index in [0.29, 0.717) is 11.3 Å². The highest BCUT2D eigenvalue weighted by molar-refractivity contribution is 7.89. The number of benzene rings is 1. The first-order valence-electron chi connectivity index (χ1n) is 6.19. The van der Waals surface area contributed by atoms with Gasteiger partial charge >= 0.3 is 0 Å². The van der Waals surface area contributed by atoms with Crippen molar-refractivity contribution in [3.8, 4) is 0 Å². The van der Waals surface area contributed by atoms with Crippen LogP contribution in [0.1, 0.15) is 24.2 Å². The lowest BCUT2D eigenvalue weighted by Gasteiger charge is -2.15. The quantitative estimate of drug-likeness (QED) is 0.936. The Balaban J connectivity index is 2.36. The average Bonchev–Trinajstić information content (AvgIpc) is 2.67. The molecule has 0 saturated heterocycles. The summed E-state index contributed by atoms with van der Waals surface area (Å²) in [5.41, 5.74) is 1.42. The third-order valence-electron chi connectivity index (χ3n) is 3.04. The second kappa shape index (κ2) is 5.75. The van der Waals surface area contributed by atoms with Gasteiger partial charge < -0.3 is 0 Å². The fraction of sp³-hybridized carbons (Fsp3) is 0.308. The molecule has 2 rings (SSSR count). The maximum absolute atomic E-state index is 13.8. The van der Waals surface area contributed by atoms with E-state index in [1.807, 2.05) is 0 Å². The summed E-state index contributed by atoms with van der Waals surface area (Å²) in [6.45, 7) is 3.44. The zero-order chi connectivity index (χ0) is 15.8. The van der Waals surface area contributed by atoms with Crippen molar-refractivity contribution < 1.29 is 12.8 Å². The summed E-state index contributed by atoms with van der Waals surface area (Å²) < 4.78 is 42.4. The maximum Gasteiger partial charge on any atom is 0.245 e. The minimum absolute atomic E-state index is 0.155. The van der Waals surface area contributed by atoms with Crippen LogP contribution < -0.4 is 4.72 Å². The van der Waals surface area contributed by atoms with E-state index in [4.69, 9.17) is 11.6 Å².